The molecule has 0 bridgehead atoms. The molecule has 1 aliphatic carbocycles. The van der Waals surface area contributed by atoms with E-state index < -0.39 is 10.6 Å². The quantitative estimate of drug-likeness (QED) is 0.377. The molecule has 30 heavy (non-hydrogen) atoms. The average molecular weight is 403 g/mol. The standard InChI is InChI=1S/C23H21N3O4/c1-25(14-15-5-3-2-4-6-15)17-9-7-16(8-10-17)21-13-20(27)18-11-12-19(24)22(26(28)29)23(18)30-21/h3,5-13H,2,4,14,24H2,1H3. The summed E-state index contributed by atoms with van der Waals surface area (Å²) in [6.45, 7) is 0.798. The molecule has 0 fully saturated rings. The minimum absolute atomic E-state index is 0.0455. The second-order valence-corrected chi connectivity index (χ2v) is 7.27. The number of rotatable bonds is 5. The molecule has 152 valence electrons. The number of hydrogen-bond acceptors (Lipinski definition) is 6. The van der Waals surface area contributed by atoms with Gasteiger partial charge in [-0.1, -0.05) is 18.2 Å². The fourth-order valence-electron chi connectivity index (χ4n) is 3.58. The molecular weight excluding hydrogens is 382 g/mol. The van der Waals surface area contributed by atoms with E-state index >= 15 is 0 Å². The molecule has 1 aliphatic rings. The number of nitrogens with zero attached hydrogens (tertiary/aromatic N) is 2. The lowest BCUT2D eigenvalue weighted by Gasteiger charge is -2.21. The zero-order valence-electron chi connectivity index (χ0n) is 16.5. The number of nitro groups is 1. The molecule has 4 rings (SSSR count). The Balaban J connectivity index is 1.68. The summed E-state index contributed by atoms with van der Waals surface area (Å²) < 4.78 is 5.77. The van der Waals surface area contributed by atoms with Gasteiger partial charge in [-0.2, -0.15) is 0 Å². The van der Waals surface area contributed by atoms with Crippen LogP contribution in [0.5, 0.6) is 0 Å². The van der Waals surface area contributed by atoms with E-state index in [9.17, 15) is 14.9 Å². The van der Waals surface area contributed by atoms with Gasteiger partial charge < -0.3 is 15.1 Å². The van der Waals surface area contributed by atoms with Crippen molar-refractivity contribution in [1.82, 2.24) is 0 Å². The minimum atomic E-state index is -0.628. The van der Waals surface area contributed by atoms with E-state index in [-0.39, 0.29) is 27.8 Å². The fourth-order valence-corrected chi connectivity index (χ4v) is 3.58. The molecule has 7 nitrogen and oxygen atoms in total. The Morgan fingerprint density at radius 1 is 1.17 bits per heavy atom. The molecule has 0 aliphatic heterocycles. The topological polar surface area (TPSA) is 103 Å². The highest BCUT2D eigenvalue weighted by molar-refractivity contribution is 5.92. The Hall–Kier alpha value is -3.87. The summed E-state index contributed by atoms with van der Waals surface area (Å²) in [6.07, 6.45) is 8.73. The lowest BCUT2D eigenvalue weighted by molar-refractivity contribution is -0.382. The number of fused-ring (bicyclic) bond motifs is 1. The van der Waals surface area contributed by atoms with Crippen molar-refractivity contribution < 1.29 is 9.34 Å². The highest BCUT2D eigenvalue weighted by Crippen LogP contribution is 2.33. The van der Waals surface area contributed by atoms with Gasteiger partial charge in [-0.05, 0) is 54.8 Å². The van der Waals surface area contributed by atoms with Gasteiger partial charge in [0.15, 0.2) is 5.43 Å². The number of nitro benzene ring substituents is 1. The van der Waals surface area contributed by atoms with Gasteiger partial charge in [0, 0.05) is 30.9 Å². The largest absolute Gasteiger partial charge is 0.448 e. The van der Waals surface area contributed by atoms with Crippen molar-refractivity contribution >= 4 is 28.0 Å². The summed E-state index contributed by atoms with van der Waals surface area (Å²) in [4.78, 5) is 25.4. The summed E-state index contributed by atoms with van der Waals surface area (Å²) in [5.41, 5.74) is 7.77. The molecule has 3 aromatic rings. The van der Waals surface area contributed by atoms with Crippen LogP contribution in [0.4, 0.5) is 17.1 Å². The molecule has 1 aromatic heterocycles. The van der Waals surface area contributed by atoms with Gasteiger partial charge in [0.25, 0.3) is 0 Å². The molecule has 2 aromatic carbocycles. The summed E-state index contributed by atoms with van der Waals surface area (Å²) in [6, 6.07) is 11.7. The van der Waals surface area contributed by atoms with Gasteiger partial charge in [0.1, 0.15) is 11.4 Å². The van der Waals surface area contributed by atoms with Gasteiger partial charge in [0.05, 0.1) is 10.3 Å². The van der Waals surface area contributed by atoms with Crippen LogP contribution in [0, 0.1) is 10.1 Å². The van der Waals surface area contributed by atoms with Crippen LogP contribution in [0.1, 0.15) is 12.8 Å². The van der Waals surface area contributed by atoms with E-state index in [1.54, 1.807) is 0 Å². The number of anilines is 2. The maximum absolute atomic E-state index is 12.5. The number of hydrogen-bond donors (Lipinski definition) is 1. The van der Waals surface area contributed by atoms with Crippen molar-refractivity contribution in [3.63, 3.8) is 0 Å². The first kappa shape index (κ1) is 19.4. The molecule has 0 radical (unpaired) electrons. The summed E-state index contributed by atoms with van der Waals surface area (Å²) in [5, 5.41) is 11.6. The summed E-state index contributed by atoms with van der Waals surface area (Å²) >= 11 is 0. The monoisotopic (exact) mass is 403 g/mol. The maximum atomic E-state index is 12.5. The molecule has 0 unspecified atom stereocenters. The summed E-state index contributed by atoms with van der Waals surface area (Å²) in [7, 11) is 2.01. The lowest BCUT2D eigenvalue weighted by Crippen LogP contribution is -2.19. The maximum Gasteiger partial charge on any atom is 0.334 e. The molecule has 2 N–H and O–H groups in total. The molecular formula is C23H21N3O4. The first-order chi connectivity index (χ1) is 14.4. The van der Waals surface area contributed by atoms with Crippen LogP contribution in [-0.2, 0) is 0 Å². The lowest BCUT2D eigenvalue weighted by atomic mass is 10.1. The third kappa shape index (κ3) is 3.69. The zero-order valence-corrected chi connectivity index (χ0v) is 16.5. The molecule has 0 saturated carbocycles. The van der Waals surface area contributed by atoms with Crippen molar-refractivity contribution in [3.8, 4) is 11.3 Å². The van der Waals surface area contributed by atoms with E-state index in [4.69, 9.17) is 10.2 Å². The predicted octanol–water partition coefficient (Wildman–Crippen LogP) is 4.66. The van der Waals surface area contributed by atoms with Crippen molar-refractivity contribution in [2.24, 2.45) is 0 Å². The van der Waals surface area contributed by atoms with Crippen LogP contribution in [0.15, 0.2) is 75.5 Å². The van der Waals surface area contributed by atoms with Crippen LogP contribution in [0.25, 0.3) is 22.3 Å². The molecule has 0 amide bonds. The Kier molecular flexibility index (Phi) is 5.10. The van der Waals surface area contributed by atoms with E-state index in [1.165, 1.54) is 23.8 Å². The van der Waals surface area contributed by atoms with Crippen molar-refractivity contribution in [2.45, 2.75) is 12.8 Å². The zero-order chi connectivity index (χ0) is 21.3. The average Bonchev–Trinajstić information content (AvgIpc) is 2.74. The molecule has 7 heteroatoms. The van der Waals surface area contributed by atoms with Gasteiger partial charge in [-0.15, -0.1) is 0 Å². The molecule has 0 atom stereocenters. The van der Waals surface area contributed by atoms with Crippen molar-refractivity contribution in [3.05, 3.63) is 86.6 Å². The number of likely N-dealkylation sites (N-methyl/N-ethyl adjacent to an activating group) is 1. The number of allylic oxidation sites excluding steroid dienone is 2. The SMILES string of the molecule is CN(CC1=CCCC=C1)c1ccc(-c2cc(=O)c3ccc(N)c([N+](=O)[O-])c3o2)cc1. The van der Waals surface area contributed by atoms with Crippen molar-refractivity contribution in [1.29, 1.82) is 0 Å². The fraction of sp³-hybridized carbons (Fsp3) is 0.174. The Labute approximate surface area is 172 Å². The Morgan fingerprint density at radius 3 is 2.60 bits per heavy atom. The predicted molar refractivity (Wildman–Crippen MR) is 119 cm³/mol. The Bertz CT molecular complexity index is 1240. The first-order valence-corrected chi connectivity index (χ1v) is 9.62. The van der Waals surface area contributed by atoms with Gasteiger partial charge >= 0.3 is 5.69 Å². The third-order valence-corrected chi connectivity index (χ3v) is 5.17. The second-order valence-electron chi connectivity index (χ2n) is 7.27. The molecule has 0 saturated heterocycles. The van der Waals surface area contributed by atoms with E-state index in [2.05, 4.69) is 23.1 Å². The van der Waals surface area contributed by atoms with Crippen LogP contribution < -0.4 is 16.1 Å². The van der Waals surface area contributed by atoms with Crippen LogP contribution in [-0.4, -0.2) is 18.5 Å². The van der Waals surface area contributed by atoms with Gasteiger partial charge in [-0.25, -0.2) is 0 Å². The van der Waals surface area contributed by atoms with Crippen molar-refractivity contribution in [2.75, 3.05) is 24.2 Å². The Morgan fingerprint density at radius 2 is 1.93 bits per heavy atom. The van der Waals surface area contributed by atoms with Gasteiger partial charge in [-0.3, -0.25) is 14.9 Å². The van der Waals surface area contributed by atoms with Crippen LogP contribution in [0.2, 0.25) is 0 Å². The molecule has 0 spiro atoms. The summed E-state index contributed by atoms with van der Waals surface area (Å²) in [5.74, 6) is 0.258. The third-order valence-electron chi connectivity index (χ3n) is 5.17. The minimum Gasteiger partial charge on any atom is -0.448 e. The van der Waals surface area contributed by atoms with E-state index in [1.807, 2.05) is 31.3 Å². The van der Waals surface area contributed by atoms with Gasteiger partial charge in [0.2, 0.25) is 5.58 Å². The van der Waals surface area contributed by atoms with E-state index in [0.717, 1.165) is 25.1 Å². The normalized spacial score (nSPS) is 13.3. The number of nitrogen functional groups attached to an aromatic ring is 1. The van der Waals surface area contributed by atoms with Crippen LogP contribution >= 0.6 is 0 Å². The molecule has 1 heterocycles. The van der Waals surface area contributed by atoms with Crippen LogP contribution in [0.3, 0.4) is 0 Å². The number of benzene rings is 2. The highest BCUT2D eigenvalue weighted by atomic mass is 16.6. The smallest absolute Gasteiger partial charge is 0.334 e. The highest BCUT2D eigenvalue weighted by Gasteiger charge is 2.21. The first-order valence-electron chi connectivity index (χ1n) is 9.62. The number of nitrogens with two attached hydrogens (primary N) is 1. The second kappa shape index (κ2) is 7.87. The van der Waals surface area contributed by atoms with E-state index in [0.29, 0.717) is 5.56 Å².